The summed E-state index contributed by atoms with van der Waals surface area (Å²) in [5, 5.41) is -0.582. The molecule has 0 fully saturated rings. The molecule has 0 amide bonds. The molecule has 64 valence electrons. The van der Waals surface area contributed by atoms with Gasteiger partial charge in [-0.05, 0) is 0 Å². The Balaban J connectivity index is 3.60. The van der Waals surface area contributed by atoms with Crippen molar-refractivity contribution in [2.75, 3.05) is 7.11 Å². The van der Waals surface area contributed by atoms with E-state index in [1.165, 1.54) is 14.0 Å². The van der Waals surface area contributed by atoms with E-state index in [1.54, 1.807) is 0 Å². The van der Waals surface area contributed by atoms with Crippen molar-refractivity contribution < 1.29 is 14.3 Å². The fraction of sp³-hybridized carbons (Fsp3) is 0.667. The molecular weight excluding hydrogens is 166 g/mol. The molecule has 0 bridgehead atoms. The third-order valence-corrected chi connectivity index (χ3v) is 1.71. The van der Waals surface area contributed by atoms with E-state index < -0.39 is 11.3 Å². The van der Waals surface area contributed by atoms with Gasteiger partial charge >= 0.3 is 5.97 Å². The normalized spacial score (nSPS) is 12.3. The van der Waals surface area contributed by atoms with Crippen LogP contribution >= 0.6 is 11.8 Å². The predicted molar refractivity (Wildman–Crippen MR) is 42.9 cm³/mol. The Kier molecular flexibility index (Phi) is 4.89. The highest BCUT2D eigenvalue weighted by Crippen LogP contribution is 2.09. The van der Waals surface area contributed by atoms with Crippen LogP contribution in [-0.4, -0.2) is 23.6 Å². The zero-order chi connectivity index (χ0) is 8.85. The first-order valence-electron chi connectivity index (χ1n) is 3.06. The van der Waals surface area contributed by atoms with Crippen molar-refractivity contribution in [1.29, 1.82) is 0 Å². The molecular formula is C6H11NO3S. The van der Waals surface area contributed by atoms with E-state index in [4.69, 9.17) is 5.73 Å². The van der Waals surface area contributed by atoms with E-state index in [-0.39, 0.29) is 11.5 Å². The average molecular weight is 177 g/mol. The highest BCUT2D eigenvalue weighted by Gasteiger charge is 2.11. The number of carbonyl (C=O) groups excluding carboxylic acids is 2. The molecule has 0 heterocycles. The number of thioether (sulfide) groups is 1. The van der Waals surface area contributed by atoms with Crippen molar-refractivity contribution >= 4 is 22.8 Å². The van der Waals surface area contributed by atoms with Crippen molar-refractivity contribution in [2.24, 2.45) is 5.73 Å². The van der Waals surface area contributed by atoms with E-state index >= 15 is 0 Å². The van der Waals surface area contributed by atoms with Crippen molar-refractivity contribution in [3.63, 3.8) is 0 Å². The van der Waals surface area contributed by atoms with E-state index in [1.807, 2.05) is 0 Å². The number of ether oxygens (including phenoxy) is 1. The summed E-state index contributed by atoms with van der Waals surface area (Å²) in [6.45, 7) is 1.40. The SMILES string of the molecule is COC(=O)CC(N)SC(C)=O. The topological polar surface area (TPSA) is 69.4 Å². The molecule has 0 aromatic heterocycles. The molecule has 0 saturated heterocycles. The third kappa shape index (κ3) is 5.87. The number of esters is 1. The van der Waals surface area contributed by atoms with Gasteiger partial charge in [-0.1, -0.05) is 11.8 Å². The van der Waals surface area contributed by atoms with Gasteiger partial charge in [-0.25, -0.2) is 0 Å². The van der Waals surface area contributed by atoms with Crippen molar-refractivity contribution in [3.05, 3.63) is 0 Å². The Labute approximate surface area is 69.5 Å². The molecule has 2 N–H and O–H groups in total. The van der Waals surface area contributed by atoms with Crippen LogP contribution in [0.4, 0.5) is 0 Å². The second kappa shape index (κ2) is 5.15. The summed E-state index contributed by atoms with van der Waals surface area (Å²) in [4.78, 5) is 21.0. The summed E-state index contributed by atoms with van der Waals surface area (Å²) in [5.41, 5.74) is 5.39. The van der Waals surface area contributed by atoms with Gasteiger partial charge in [0.05, 0.1) is 18.9 Å². The smallest absolute Gasteiger partial charge is 0.307 e. The lowest BCUT2D eigenvalue weighted by atomic mass is 10.4. The Bertz CT molecular complexity index is 160. The Hall–Kier alpha value is -0.550. The minimum atomic E-state index is -0.486. The molecule has 4 nitrogen and oxygen atoms in total. The van der Waals surface area contributed by atoms with E-state index in [2.05, 4.69) is 4.74 Å². The second-order valence-electron chi connectivity index (χ2n) is 1.93. The molecule has 0 saturated carbocycles. The monoisotopic (exact) mass is 177 g/mol. The molecule has 1 unspecified atom stereocenters. The number of carbonyl (C=O) groups is 2. The molecule has 0 aromatic carbocycles. The summed E-state index contributed by atoms with van der Waals surface area (Å²) < 4.78 is 4.36. The molecule has 0 spiro atoms. The molecule has 0 radical (unpaired) electrons. The minimum Gasteiger partial charge on any atom is -0.469 e. The molecule has 0 rings (SSSR count). The molecule has 11 heavy (non-hydrogen) atoms. The predicted octanol–water partition coefficient (Wildman–Crippen LogP) is 0.114. The maximum Gasteiger partial charge on any atom is 0.307 e. The van der Waals surface area contributed by atoms with Gasteiger partial charge in [-0.3, -0.25) is 9.59 Å². The van der Waals surface area contributed by atoms with Crippen LogP contribution in [-0.2, 0) is 14.3 Å². The van der Waals surface area contributed by atoms with Crippen LogP contribution in [0, 0.1) is 0 Å². The van der Waals surface area contributed by atoms with Gasteiger partial charge in [-0.15, -0.1) is 0 Å². The van der Waals surface area contributed by atoms with Crippen LogP contribution in [0.5, 0.6) is 0 Å². The Morgan fingerprint density at radius 1 is 1.64 bits per heavy atom. The zero-order valence-electron chi connectivity index (χ0n) is 6.49. The van der Waals surface area contributed by atoms with Crippen molar-refractivity contribution in [2.45, 2.75) is 18.7 Å². The third-order valence-electron chi connectivity index (χ3n) is 0.913. The first-order valence-corrected chi connectivity index (χ1v) is 3.94. The lowest BCUT2D eigenvalue weighted by Crippen LogP contribution is -2.21. The molecule has 0 aliphatic carbocycles. The minimum absolute atomic E-state index is 0.0702. The van der Waals surface area contributed by atoms with Crippen molar-refractivity contribution in [1.82, 2.24) is 0 Å². The maximum absolute atomic E-state index is 10.6. The number of methoxy groups -OCH3 is 1. The Morgan fingerprint density at radius 3 is 2.55 bits per heavy atom. The quantitative estimate of drug-likeness (QED) is 0.489. The zero-order valence-corrected chi connectivity index (χ0v) is 7.31. The van der Waals surface area contributed by atoms with Gasteiger partial charge in [0, 0.05) is 6.92 Å². The van der Waals surface area contributed by atoms with Crippen molar-refractivity contribution in [3.8, 4) is 0 Å². The number of hydrogen-bond donors (Lipinski definition) is 1. The van der Waals surface area contributed by atoms with Crippen LogP contribution in [0.2, 0.25) is 0 Å². The van der Waals surface area contributed by atoms with Gasteiger partial charge in [0.1, 0.15) is 0 Å². The van der Waals surface area contributed by atoms with Gasteiger partial charge in [0.25, 0.3) is 0 Å². The number of nitrogens with two attached hydrogens (primary N) is 1. The lowest BCUT2D eigenvalue weighted by molar-refractivity contribution is -0.140. The highest BCUT2D eigenvalue weighted by molar-refractivity contribution is 8.14. The van der Waals surface area contributed by atoms with Crippen LogP contribution in [0.25, 0.3) is 0 Å². The lowest BCUT2D eigenvalue weighted by Gasteiger charge is -2.05. The first-order chi connectivity index (χ1) is 5.06. The van der Waals surface area contributed by atoms with Gasteiger partial charge < -0.3 is 10.5 Å². The number of hydrogen-bond acceptors (Lipinski definition) is 5. The van der Waals surface area contributed by atoms with Gasteiger partial charge in [0.2, 0.25) is 0 Å². The largest absolute Gasteiger partial charge is 0.469 e. The van der Waals surface area contributed by atoms with Crippen LogP contribution in [0.15, 0.2) is 0 Å². The first kappa shape index (κ1) is 10.4. The Morgan fingerprint density at radius 2 is 2.18 bits per heavy atom. The summed E-state index contributed by atoms with van der Waals surface area (Å²) >= 11 is 0.936. The van der Waals surface area contributed by atoms with Crippen LogP contribution in [0.1, 0.15) is 13.3 Å². The summed E-state index contributed by atoms with van der Waals surface area (Å²) in [6.07, 6.45) is 0.0702. The van der Waals surface area contributed by atoms with Gasteiger partial charge in [-0.2, -0.15) is 0 Å². The maximum atomic E-state index is 10.6. The van der Waals surface area contributed by atoms with Crippen LogP contribution < -0.4 is 5.73 Å². The average Bonchev–Trinajstić information content (AvgIpc) is 1.85. The second-order valence-corrected chi connectivity index (χ2v) is 3.34. The fourth-order valence-corrected chi connectivity index (χ4v) is 1.15. The molecule has 0 aromatic rings. The van der Waals surface area contributed by atoms with E-state index in [0.29, 0.717) is 0 Å². The van der Waals surface area contributed by atoms with E-state index in [9.17, 15) is 9.59 Å². The molecule has 5 heteroatoms. The summed E-state index contributed by atoms with van der Waals surface area (Å²) in [6, 6.07) is 0. The summed E-state index contributed by atoms with van der Waals surface area (Å²) in [5.74, 6) is -0.397. The summed E-state index contributed by atoms with van der Waals surface area (Å²) in [7, 11) is 1.29. The standard InChI is InChI=1S/C6H11NO3S/c1-4(8)11-5(7)3-6(9)10-2/h5H,3,7H2,1-2H3. The fourth-order valence-electron chi connectivity index (χ4n) is 0.502. The number of rotatable bonds is 3. The van der Waals surface area contributed by atoms with Crippen LogP contribution in [0.3, 0.4) is 0 Å². The molecule has 0 aliphatic rings. The van der Waals surface area contributed by atoms with Gasteiger partial charge in [0.15, 0.2) is 5.12 Å². The molecule has 0 aliphatic heterocycles. The van der Waals surface area contributed by atoms with E-state index in [0.717, 1.165) is 11.8 Å². The highest BCUT2D eigenvalue weighted by atomic mass is 32.2. The molecule has 1 atom stereocenters.